The average molecular weight is 246 g/mol. The normalized spacial score (nSPS) is 10.9. The summed E-state index contributed by atoms with van der Waals surface area (Å²) in [5, 5.41) is 18.5. The summed E-state index contributed by atoms with van der Waals surface area (Å²) in [6, 6.07) is 10.5. The molecule has 5 heteroatoms. The van der Waals surface area contributed by atoms with E-state index in [1.807, 2.05) is 6.07 Å². The number of halogens is 1. The van der Waals surface area contributed by atoms with Gasteiger partial charge in [0.2, 0.25) is 0 Å². The van der Waals surface area contributed by atoms with Crippen molar-refractivity contribution in [3.05, 3.63) is 47.6 Å². The molecule has 0 amide bonds. The molecular weight excluding hydrogens is 238 g/mol. The molecule has 1 N–H and O–H groups in total. The maximum absolute atomic E-state index is 9.80. The van der Waals surface area contributed by atoms with Crippen LogP contribution in [-0.4, -0.2) is 19.7 Å². The standard InChI is InChI=1S/C12H8ClN3O/c13-8-5-6-11-14-15-12(16(11)7-8)9-3-1-2-4-10(9)17/h1-7,17H. The number of hydrogen-bond acceptors (Lipinski definition) is 3. The molecule has 3 rings (SSSR count). The fourth-order valence-corrected chi connectivity index (χ4v) is 1.87. The Morgan fingerprint density at radius 3 is 2.71 bits per heavy atom. The van der Waals surface area contributed by atoms with Gasteiger partial charge in [0.15, 0.2) is 11.5 Å². The Morgan fingerprint density at radius 2 is 1.88 bits per heavy atom. The number of hydrogen-bond donors (Lipinski definition) is 1. The van der Waals surface area contributed by atoms with Gasteiger partial charge >= 0.3 is 0 Å². The first-order valence-electron chi connectivity index (χ1n) is 5.04. The van der Waals surface area contributed by atoms with Gasteiger partial charge in [-0.3, -0.25) is 4.40 Å². The van der Waals surface area contributed by atoms with Crippen molar-refractivity contribution in [2.45, 2.75) is 0 Å². The molecule has 0 spiro atoms. The molecule has 4 nitrogen and oxygen atoms in total. The van der Waals surface area contributed by atoms with Crippen LogP contribution in [0.15, 0.2) is 42.6 Å². The highest BCUT2D eigenvalue weighted by molar-refractivity contribution is 6.30. The molecule has 0 atom stereocenters. The van der Waals surface area contributed by atoms with Crippen LogP contribution < -0.4 is 0 Å². The summed E-state index contributed by atoms with van der Waals surface area (Å²) in [5.74, 6) is 0.738. The van der Waals surface area contributed by atoms with E-state index in [0.717, 1.165) is 0 Å². The highest BCUT2D eigenvalue weighted by Gasteiger charge is 2.11. The van der Waals surface area contributed by atoms with Gasteiger partial charge in [0.1, 0.15) is 5.75 Å². The van der Waals surface area contributed by atoms with Crippen molar-refractivity contribution in [1.29, 1.82) is 0 Å². The third-order valence-corrected chi connectivity index (χ3v) is 2.73. The number of aromatic hydroxyl groups is 1. The molecule has 2 aromatic heterocycles. The maximum Gasteiger partial charge on any atom is 0.172 e. The van der Waals surface area contributed by atoms with Gasteiger partial charge in [0, 0.05) is 6.20 Å². The Hall–Kier alpha value is -2.07. The molecule has 0 aliphatic carbocycles. The van der Waals surface area contributed by atoms with Crippen LogP contribution in [0.2, 0.25) is 5.02 Å². The first-order valence-corrected chi connectivity index (χ1v) is 5.42. The van der Waals surface area contributed by atoms with Crippen LogP contribution in [0, 0.1) is 0 Å². The van der Waals surface area contributed by atoms with Gasteiger partial charge < -0.3 is 5.11 Å². The zero-order chi connectivity index (χ0) is 11.8. The lowest BCUT2D eigenvalue weighted by Crippen LogP contribution is -1.89. The molecule has 17 heavy (non-hydrogen) atoms. The van der Waals surface area contributed by atoms with Gasteiger partial charge in [-0.1, -0.05) is 23.7 Å². The van der Waals surface area contributed by atoms with Crippen LogP contribution in [-0.2, 0) is 0 Å². The van der Waals surface area contributed by atoms with Gasteiger partial charge in [-0.15, -0.1) is 10.2 Å². The summed E-state index contributed by atoms with van der Waals surface area (Å²) in [5.41, 5.74) is 1.31. The molecule has 3 aromatic rings. The predicted octanol–water partition coefficient (Wildman–Crippen LogP) is 2.76. The van der Waals surface area contributed by atoms with Gasteiger partial charge in [-0.2, -0.15) is 0 Å². The molecule has 0 aliphatic heterocycles. The van der Waals surface area contributed by atoms with E-state index >= 15 is 0 Å². The van der Waals surface area contributed by atoms with E-state index in [1.54, 1.807) is 40.9 Å². The van der Waals surface area contributed by atoms with Crippen molar-refractivity contribution in [2.75, 3.05) is 0 Å². The summed E-state index contributed by atoms with van der Waals surface area (Å²) in [6.45, 7) is 0. The first kappa shape index (κ1) is 10.1. The average Bonchev–Trinajstić information content (AvgIpc) is 2.72. The second-order valence-electron chi connectivity index (χ2n) is 3.62. The smallest absolute Gasteiger partial charge is 0.172 e. The number of para-hydroxylation sites is 1. The van der Waals surface area contributed by atoms with E-state index in [1.165, 1.54) is 0 Å². The third-order valence-electron chi connectivity index (χ3n) is 2.51. The minimum Gasteiger partial charge on any atom is -0.507 e. The third kappa shape index (κ3) is 1.62. The lowest BCUT2D eigenvalue weighted by atomic mass is 10.2. The molecule has 0 aliphatic rings. The number of benzene rings is 1. The van der Waals surface area contributed by atoms with E-state index in [-0.39, 0.29) is 5.75 Å². The summed E-state index contributed by atoms with van der Waals surface area (Å²) in [6.07, 6.45) is 1.72. The summed E-state index contributed by atoms with van der Waals surface area (Å²) >= 11 is 5.94. The molecule has 0 fully saturated rings. The zero-order valence-electron chi connectivity index (χ0n) is 8.71. The number of aromatic nitrogens is 3. The minimum absolute atomic E-state index is 0.168. The fraction of sp³-hybridized carbons (Fsp3) is 0. The Kier molecular flexibility index (Phi) is 2.23. The van der Waals surface area contributed by atoms with E-state index < -0.39 is 0 Å². The monoisotopic (exact) mass is 245 g/mol. The number of phenolic OH excluding ortho intramolecular Hbond substituents is 1. The van der Waals surface area contributed by atoms with E-state index in [4.69, 9.17) is 11.6 Å². The Balaban J connectivity index is 2.31. The lowest BCUT2D eigenvalue weighted by molar-refractivity contribution is 0.477. The van der Waals surface area contributed by atoms with Crippen LogP contribution in [0.5, 0.6) is 5.75 Å². The number of rotatable bonds is 1. The van der Waals surface area contributed by atoms with E-state index in [0.29, 0.717) is 22.1 Å². The van der Waals surface area contributed by atoms with E-state index in [9.17, 15) is 5.11 Å². The highest BCUT2D eigenvalue weighted by Crippen LogP contribution is 2.27. The maximum atomic E-state index is 9.80. The van der Waals surface area contributed by atoms with Crippen molar-refractivity contribution < 1.29 is 5.11 Å². The molecule has 84 valence electrons. The Labute approximate surface area is 102 Å². The van der Waals surface area contributed by atoms with Crippen molar-refractivity contribution in [3.63, 3.8) is 0 Å². The minimum atomic E-state index is 0.168. The van der Waals surface area contributed by atoms with Crippen LogP contribution in [0.1, 0.15) is 0 Å². The van der Waals surface area contributed by atoms with Crippen molar-refractivity contribution in [1.82, 2.24) is 14.6 Å². The second kappa shape index (κ2) is 3.75. The van der Waals surface area contributed by atoms with E-state index in [2.05, 4.69) is 10.2 Å². The van der Waals surface area contributed by atoms with Crippen LogP contribution >= 0.6 is 11.6 Å². The molecular formula is C12H8ClN3O. The zero-order valence-corrected chi connectivity index (χ0v) is 9.46. The SMILES string of the molecule is Oc1ccccc1-c1nnc2ccc(Cl)cn12. The van der Waals surface area contributed by atoms with Gasteiger partial charge in [0.25, 0.3) is 0 Å². The number of fused-ring (bicyclic) bond motifs is 1. The van der Waals surface area contributed by atoms with Crippen LogP contribution in [0.3, 0.4) is 0 Å². The number of phenols is 1. The number of pyridine rings is 1. The molecule has 0 radical (unpaired) electrons. The largest absolute Gasteiger partial charge is 0.507 e. The van der Waals surface area contributed by atoms with Crippen LogP contribution in [0.25, 0.3) is 17.0 Å². The molecule has 2 heterocycles. The molecule has 0 saturated carbocycles. The van der Waals surface area contributed by atoms with Gasteiger partial charge in [0.05, 0.1) is 10.6 Å². The quantitative estimate of drug-likeness (QED) is 0.717. The first-order chi connectivity index (χ1) is 8.25. The summed E-state index contributed by atoms with van der Waals surface area (Å²) < 4.78 is 1.75. The lowest BCUT2D eigenvalue weighted by Gasteiger charge is -2.02. The summed E-state index contributed by atoms with van der Waals surface area (Å²) in [7, 11) is 0. The predicted molar refractivity (Wildman–Crippen MR) is 65.1 cm³/mol. The van der Waals surface area contributed by atoms with Gasteiger partial charge in [-0.05, 0) is 24.3 Å². The second-order valence-corrected chi connectivity index (χ2v) is 4.05. The van der Waals surface area contributed by atoms with Crippen molar-refractivity contribution in [2.24, 2.45) is 0 Å². The molecule has 1 aromatic carbocycles. The molecule has 0 bridgehead atoms. The fourth-order valence-electron chi connectivity index (χ4n) is 1.71. The van der Waals surface area contributed by atoms with Crippen molar-refractivity contribution in [3.8, 4) is 17.1 Å². The summed E-state index contributed by atoms with van der Waals surface area (Å²) in [4.78, 5) is 0. The van der Waals surface area contributed by atoms with Gasteiger partial charge in [-0.25, -0.2) is 0 Å². The highest BCUT2D eigenvalue weighted by atomic mass is 35.5. The van der Waals surface area contributed by atoms with Crippen molar-refractivity contribution >= 4 is 17.2 Å². The molecule has 0 saturated heterocycles. The number of nitrogens with zero attached hydrogens (tertiary/aromatic N) is 3. The molecule has 0 unspecified atom stereocenters. The van der Waals surface area contributed by atoms with Crippen LogP contribution in [0.4, 0.5) is 0 Å². The Bertz CT molecular complexity index is 693. The topological polar surface area (TPSA) is 50.4 Å². The Morgan fingerprint density at radius 1 is 1.06 bits per heavy atom.